The first kappa shape index (κ1) is 23.6. The number of hydrogen-bond donors (Lipinski definition) is 1. The van der Waals surface area contributed by atoms with Gasteiger partial charge >= 0.3 is 5.95 Å². The van der Waals surface area contributed by atoms with Crippen LogP contribution in [-0.2, 0) is 18.5 Å². The monoisotopic (exact) mass is 474 g/mol. The fourth-order valence-electron chi connectivity index (χ4n) is 4.65. The molecule has 1 aromatic heterocycles. The molecule has 0 spiro atoms. The van der Waals surface area contributed by atoms with E-state index in [2.05, 4.69) is 67.8 Å². The Morgan fingerprint density at radius 3 is 2.06 bits per heavy atom. The zero-order valence-electron chi connectivity index (χ0n) is 21.1. The van der Waals surface area contributed by atoms with E-state index in [1.807, 2.05) is 65.2 Å². The third kappa shape index (κ3) is 4.67. The van der Waals surface area contributed by atoms with E-state index in [1.165, 1.54) is 11.1 Å². The van der Waals surface area contributed by atoms with Crippen molar-refractivity contribution in [3.63, 3.8) is 0 Å². The molecule has 1 heterocycles. The van der Waals surface area contributed by atoms with Gasteiger partial charge in [0.15, 0.2) is 5.78 Å². The van der Waals surface area contributed by atoms with Crippen LogP contribution in [0, 0.1) is 0 Å². The normalized spacial score (nSPS) is 11.6. The molecule has 0 unspecified atom stereocenters. The standard InChI is InChI=1S/C32H31N3O/c1-32(2,3)27-19-13-23(14-20-27)21-34-28-11-7-8-12-29(28)35(31(34)33)22-30(36)26-17-15-25(16-18-26)24-9-5-4-6-10-24/h4-20,33H,21-22H2,1-3H3/p+1. The van der Waals surface area contributed by atoms with Crippen LogP contribution in [0.4, 0.5) is 5.95 Å². The van der Waals surface area contributed by atoms with Crippen LogP contribution >= 0.6 is 0 Å². The number of benzene rings is 4. The molecule has 0 saturated carbocycles. The molecule has 0 amide bonds. The van der Waals surface area contributed by atoms with E-state index in [1.54, 1.807) is 0 Å². The topological polar surface area (TPSA) is 51.9 Å². The molecule has 0 radical (unpaired) electrons. The van der Waals surface area contributed by atoms with Gasteiger partial charge in [-0.25, -0.2) is 9.13 Å². The zero-order valence-corrected chi connectivity index (χ0v) is 21.1. The number of hydrogen-bond acceptors (Lipinski definition) is 2. The van der Waals surface area contributed by atoms with Crippen molar-refractivity contribution in [1.29, 1.82) is 0 Å². The molecule has 4 nitrogen and oxygen atoms in total. The summed E-state index contributed by atoms with van der Waals surface area (Å²) in [4.78, 5) is 13.3. The summed E-state index contributed by atoms with van der Waals surface area (Å²) in [6, 6.07) is 34.8. The van der Waals surface area contributed by atoms with Gasteiger partial charge in [-0.1, -0.05) is 112 Å². The highest BCUT2D eigenvalue weighted by atomic mass is 16.1. The van der Waals surface area contributed by atoms with E-state index in [9.17, 15) is 4.79 Å². The molecular formula is C32H32N3O+. The number of carbonyl (C=O) groups excluding carboxylic acids is 1. The van der Waals surface area contributed by atoms with Crippen LogP contribution in [0.25, 0.3) is 22.2 Å². The van der Waals surface area contributed by atoms with Crippen LogP contribution < -0.4 is 10.3 Å². The number of Topliss-reactive ketones (excluding diaryl/α,β-unsaturated/α-hetero) is 1. The van der Waals surface area contributed by atoms with Gasteiger partial charge in [-0.2, -0.15) is 0 Å². The maximum atomic E-state index is 13.3. The summed E-state index contributed by atoms with van der Waals surface area (Å²) in [5.41, 5.74) is 14.1. The van der Waals surface area contributed by atoms with Gasteiger partial charge in [0.05, 0.1) is 6.54 Å². The molecule has 0 bridgehead atoms. The highest BCUT2D eigenvalue weighted by Crippen LogP contribution is 2.24. The SMILES string of the molecule is CC(C)(C)c1ccc(C[n+]2c(N)n(CC(=O)c3ccc(-c4ccccc4)cc3)c3ccccc32)cc1. The van der Waals surface area contributed by atoms with Gasteiger partial charge < -0.3 is 0 Å². The van der Waals surface area contributed by atoms with E-state index in [0.717, 1.165) is 22.2 Å². The number of para-hydroxylation sites is 2. The van der Waals surface area contributed by atoms with Crippen LogP contribution in [0.3, 0.4) is 0 Å². The van der Waals surface area contributed by atoms with Gasteiger partial charge in [-0.15, -0.1) is 0 Å². The Labute approximate surface area is 212 Å². The van der Waals surface area contributed by atoms with E-state index < -0.39 is 0 Å². The molecule has 0 atom stereocenters. The number of aromatic nitrogens is 2. The number of nitrogen functional groups attached to an aromatic ring is 1. The second-order valence-electron chi connectivity index (χ2n) is 10.3. The zero-order chi connectivity index (χ0) is 25.3. The maximum Gasteiger partial charge on any atom is 0.356 e. The molecule has 5 rings (SSSR count). The highest BCUT2D eigenvalue weighted by Gasteiger charge is 2.23. The van der Waals surface area contributed by atoms with Crippen molar-refractivity contribution in [3.05, 3.63) is 120 Å². The fourth-order valence-corrected chi connectivity index (χ4v) is 4.65. The van der Waals surface area contributed by atoms with Gasteiger partial charge in [0.1, 0.15) is 17.6 Å². The van der Waals surface area contributed by atoms with Crippen molar-refractivity contribution >= 4 is 22.8 Å². The quantitative estimate of drug-likeness (QED) is 0.228. The Hall–Kier alpha value is -4.18. The lowest BCUT2D eigenvalue weighted by Gasteiger charge is -2.19. The summed E-state index contributed by atoms with van der Waals surface area (Å²) in [6.07, 6.45) is 0. The molecule has 4 aromatic carbocycles. The highest BCUT2D eigenvalue weighted by molar-refractivity contribution is 5.97. The second kappa shape index (κ2) is 9.46. The smallest absolute Gasteiger partial charge is 0.291 e. The third-order valence-corrected chi connectivity index (χ3v) is 6.79. The number of ketones is 1. The molecule has 2 N–H and O–H groups in total. The number of carbonyl (C=O) groups is 1. The van der Waals surface area contributed by atoms with Crippen molar-refractivity contribution < 1.29 is 9.36 Å². The summed E-state index contributed by atoms with van der Waals surface area (Å²) in [5, 5.41) is 0. The Morgan fingerprint density at radius 2 is 1.39 bits per heavy atom. The lowest BCUT2D eigenvalue weighted by atomic mass is 9.87. The summed E-state index contributed by atoms with van der Waals surface area (Å²) in [6.45, 7) is 7.48. The predicted octanol–water partition coefficient (Wildman–Crippen LogP) is 6.41. The second-order valence-corrected chi connectivity index (χ2v) is 10.3. The molecule has 0 aliphatic carbocycles. The average Bonchev–Trinajstić information content (AvgIpc) is 3.15. The van der Waals surface area contributed by atoms with E-state index in [-0.39, 0.29) is 17.7 Å². The minimum Gasteiger partial charge on any atom is -0.291 e. The van der Waals surface area contributed by atoms with Gasteiger partial charge in [0.25, 0.3) is 0 Å². The minimum absolute atomic E-state index is 0.0312. The van der Waals surface area contributed by atoms with Gasteiger partial charge in [-0.05, 0) is 39.8 Å². The summed E-state index contributed by atoms with van der Waals surface area (Å²) < 4.78 is 4.01. The molecule has 0 saturated heterocycles. The van der Waals surface area contributed by atoms with Gasteiger partial charge in [0, 0.05) is 5.56 Å². The summed E-state index contributed by atoms with van der Waals surface area (Å²) >= 11 is 0. The fraction of sp³-hybridized carbons (Fsp3) is 0.188. The number of nitrogens with zero attached hydrogens (tertiary/aromatic N) is 2. The Bertz CT molecular complexity index is 1510. The van der Waals surface area contributed by atoms with Crippen LogP contribution in [0.5, 0.6) is 0 Å². The van der Waals surface area contributed by atoms with Crippen molar-refractivity contribution in [2.45, 2.75) is 39.3 Å². The molecule has 0 fully saturated rings. The van der Waals surface area contributed by atoms with E-state index in [4.69, 9.17) is 5.73 Å². The van der Waals surface area contributed by atoms with E-state index in [0.29, 0.717) is 18.1 Å². The molecule has 0 aliphatic heterocycles. The lowest BCUT2D eigenvalue weighted by molar-refractivity contribution is -0.648. The van der Waals surface area contributed by atoms with Gasteiger partial charge in [0.2, 0.25) is 0 Å². The van der Waals surface area contributed by atoms with Crippen molar-refractivity contribution in [3.8, 4) is 11.1 Å². The number of rotatable bonds is 6. The lowest BCUT2D eigenvalue weighted by Crippen LogP contribution is -2.37. The van der Waals surface area contributed by atoms with Crippen LogP contribution in [0.2, 0.25) is 0 Å². The Kier molecular flexibility index (Phi) is 6.19. The summed E-state index contributed by atoms with van der Waals surface area (Å²) in [7, 11) is 0. The van der Waals surface area contributed by atoms with Crippen LogP contribution in [0.1, 0.15) is 42.3 Å². The molecular weight excluding hydrogens is 442 g/mol. The van der Waals surface area contributed by atoms with Crippen LogP contribution in [-0.4, -0.2) is 10.4 Å². The molecule has 0 aliphatic rings. The van der Waals surface area contributed by atoms with Crippen molar-refractivity contribution in [2.75, 3.05) is 5.73 Å². The maximum absolute atomic E-state index is 13.3. The summed E-state index contributed by atoms with van der Waals surface area (Å²) in [5.74, 6) is 0.606. The van der Waals surface area contributed by atoms with Gasteiger partial charge in [-0.3, -0.25) is 10.5 Å². The Morgan fingerprint density at radius 1 is 0.778 bits per heavy atom. The number of fused-ring (bicyclic) bond motifs is 1. The van der Waals surface area contributed by atoms with E-state index >= 15 is 0 Å². The first-order valence-corrected chi connectivity index (χ1v) is 12.4. The van der Waals surface area contributed by atoms with Crippen molar-refractivity contribution in [2.24, 2.45) is 0 Å². The largest absolute Gasteiger partial charge is 0.356 e. The van der Waals surface area contributed by atoms with Crippen LogP contribution in [0.15, 0.2) is 103 Å². The first-order valence-electron chi connectivity index (χ1n) is 12.4. The number of imidazole rings is 1. The molecule has 36 heavy (non-hydrogen) atoms. The Balaban J connectivity index is 1.42. The molecule has 4 heteroatoms. The third-order valence-electron chi connectivity index (χ3n) is 6.79. The number of anilines is 1. The minimum atomic E-state index is 0.0312. The van der Waals surface area contributed by atoms with Crippen molar-refractivity contribution in [1.82, 2.24) is 4.57 Å². The first-order chi connectivity index (χ1) is 17.3. The average molecular weight is 475 g/mol. The molecule has 5 aromatic rings. The number of nitrogens with two attached hydrogens (primary N) is 1. The molecule has 180 valence electrons. The predicted molar refractivity (Wildman–Crippen MR) is 147 cm³/mol.